The van der Waals surface area contributed by atoms with Gasteiger partial charge in [0, 0.05) is 18.1 Å². The molecule has 4 aromatic rings. The van der Waals surface area contributed by atoms with Crippen molar-refractivity contribution in [2.45, 2.75) is 18.7 Å². The minimum Gasteiger partial charge on any atom is -0.310 e. The van der Waals surface area contributed by atoms with Crippen molar-refractivity contribution in [1.82, 2.24) is 34.3 Å². The molecular formula is C17H16ClN7S. The molecule has 0 spiro atoms. The van der Waals surface area contributed by atoms with Gasteiger partial charge >= 0.3 is 0 Å². The molecule has 0 atom stereocenters. The fourth-order valence-electron chi connectivity index (χ4n) is 2.74. The number of thioether (sulfide) groups is 1. The Hall–Kier alpha value is -2.45. The van der Waals surface area contributed by atoms with Gasteiger partial charge in [-0.15, -0.1) is 16.9 Å². The van der Waals surface area contributed by atoms with Crippen molar-refractivity contribution in [2.24, 2.45) is 7.05 Å². The van der Waals surface area contributed by atoms with Crippen molar-refractivity contribution in [1.29, 1.82) is 0 Å². The van der Waals surface area contributed by atoms with E-state index in [1.165, 1.54) is 0 Å². The Morgan fingerprint density at radius 2 is 2.04 bits per heavy atom. The molecule has 4 heterocycles. The summed E-state index contributed by atoms with van der Waals surface area (Å²) in [5, 5.41) is 4.31. The van der Waals surface area contributed by atoms with Crippen LogP contribution in [0.25, 0.3) is 28.5 Å². The van der Waals surface area contributed by atoms with Gasteiger partial charge in [-0.1, -0.05) is 6.92 Å². The van der Waals surface area contributed by atoms with Gasteiger partial charge < -0.3 is 4.57 Å². The van der Waals surface area contributed by atoms with E-state index in [1.54, 1.807) is 22.8 Å². The summed E-state index contributed by atoms with van der Waals surface area (Å²) in [5.74, 6) is 2.34. The molecule has 0 saturated heterocycles. The molecule has 4 rings (SSSR count). The summed E-state index contributed by atoms with van der Waals surface area (Å²) in [5.41, 5.74) is 3.54. The van der Waals surface area contributed by atoms with Crippen LogP contribution in [0.2, 0.25) is 5.28 Å². The monoisotopic (exact) mass is 385 g/mol. The molecule has 0 radical (unpaired) electrons. The van der Waals surface area contributed by atoms with Crippen LogP contribution in [0.3, 0.4) is 0 Å². The van der Waals surface area contributed by atoms with Crippen molar-refractivity contribution in [3.05, 3.63) is 41.6 Å². The number of nitrogens with zero attached hydrogens (tertiary/aromatic N) is 7. The smallest absolute Gasteiger partial charge is 0.242 e. The molecule has 0 bridgehead atoms. The molecule has 0 aliphatic rings. The zero-order valence-corrected chi connectivity index (χ0v) is 16.1. The molecule has 0 fully saturated rings. The van der Waals surface area contributed by atoms with Crippen LogP contribution in [0.5, 0.6) is 0 Å². The van der Waals surface area contributed by atoms with Gasteiger partial charge in [0.15, 0.2) is 17.3 Å². The van der Waals surface area contributed by atoms with Crippen molar-refractivity contribution in [3.8, 4) is 17.3 Å². The summed E-state index contributed by atoms with van der Waals surface area (Å²) in [6, 6.07) is 5.95. The van der Waals surface area contributed by atoms with E-state index in [4.69, 9.17) is 21.6 Å². The van der Waals surface area contributed by atoms with E-state index in [1.807, 2.05) is 42.9 Å². The van der Waals surface area contributed by atoms with Gasteiger partial charge in [0.1, 0.15) is 17.5 Å². The van der Waals surface area contributed by atoms with Crippen molar-refractivity contribution >= 4 is 34.5 Å². The largest absolute Gasteiger partial charge is 0.310 e. The third-order valence-corrected chi connectivity index (χ3v) is 5.00. The Balaban J connectivity index is 1.92. The summed E-state index contributed by atoms with van der Waals surface area (Å²) < 4.78 is 3.52. The summed E-state index contributed by atoms with van der Waals surface area (Å²) in [4.78, 5) is 19.1. The van der Waals surface area contributed by atoms with E-state index in [9.17, 15) is 0 Å². The standard InChI is InChI=1S/C17H16ClN7S/c1-4-26-12-5-6-13(25-9-20-17(18)23-25)22-14(12)16-21-11-7-10(2)8-19-15(11)24(16)3/h5-9H,4H2,1-3H3. The van der Waals surface area contributed by atoms with Gasteiger partial charge in [0.2, 0.25) is 5.28 Å². The fraction of sp³-hybridized carbons (Fsp3) is 0.235. The lowest BCUT2D eigenvalue weighted by atomic mass is 10.3. The van der Waals surface area contributed by atoms with Crippen LogP contribution in [-0.2, 0) is 7.05 Å². The lowest BCUT2D eigenvalue weighted by molar-refractivity contribution is 0.837. The number of fused-ring (bicyclic) bond motifs is 1. The van der Waals surface area contributed by atoms with Crippen molar-refractivity contribution < 1.29 is 0 Å². The average Bonchev–Trinajstić information content (AvgIpc) is 3.19. The number of hydrogen-bond donors (Lipinski definition) is 0. The maximum absolute atomic E-state index is 5.84. The van der Waals surface area contributed by atoms with Crippen LogP contribution in [0.15, 0.2) is 35.6 Å². The maximum atomic E-state index is 5.84. The topological polar surface area (TPSA) is 74.3 Å². The van der Waals surface area contributed by atoms with Gasteiger partial charge in [-0.25, -0.2) is 24.6 Å². The summed E-state index contributed by atoms with van der Waals surface area (Å²) in [7, 11) is 1.95. The Morgan fingerprint density at radius 1 is 1.19 bits per heavy atom. The highest BCUT2D eigenvalue weighted by Gasteiger charge is 2.17. The average molecular weight is 386 g/mol. The van der Waals surface area contributed by atoms with E-state index < -0.39 is 0 Å². The van der Waals surface area contributed by atoms with Crippen LogP contribution >= 0.6 is 23.4 Å². The molecule has 132 valence electrons. The first kappa shape index (κ1) is 17.0. The van der Waals surface area contributed by atoms with Crippen LogP contribution in [0.4, 0.5) is 0 Å². The minimum absolute atomic E-state index is 0.183. The van der Waals surface area contributed by atoms with E-state index >= 15 is 0 Å². The third kappa shape index (κ3) is 2.95. The molecule has 0 aromatic carbocycles. The number of aryl methyl sites for hydroxylation is 2. The number of rotatable bonds is 4. The second kappa shape index (κ2) is 6.69. The molecule has 0 N–H and O–H groups in total. The van der Waals surface area contributed by atoms with Crippen LogP contribution in [0, 0.1) is 6.92 Å². The number of halogens is 1. The SMILES string of the molecule is CCSc1ccc(-n2cnc(Cl)n2)nc1-c1nc2cc(C)cnc2n1C. The van der Waals surface area contributed by atoms with Crippen molar-refractivity contribution in [3.63, 3.8) is 0 Å². The van der Waals surface area contributed by atoms with Crippen molar-refractivity contribution in [2.75, 3.05) is 5.75 Å². The van der Waals surface area contributed by atoms with E-state index in [0.29, 0.717) is 5.82 Å². The quantitative estimate of drug-likeness (QED) is 0.499. The fourth-order valence-corrected chi connectivity index (χ4v) is 3.61. The summed E-state index contributed by atoms with van der Waals surface area (Å²) >= 11 is 7.56. The minimum atomic E-state index is 0.183. The number of pyridine rings is 2. The molecule has 0 unspecified atom stereocenters. The normalized spacial score (nSPS) is 11.4. The van der Waals surface area contributed by atoms with Crippen LogP contribution < -0.4 is 0 Å². The second-order valence-electron chi connectivity index (χ2n) is 5.76. The van der Waals surface area contributed by atoms with E-state index in [0.717, 1.165) is 38.9 Å². The lowest BCUT2D eigenvalue weighted by Crippen LogP contribution is -2.03. The predicted molar refractivity (Wildman–Crippen MR) is 103 cm³/mol. The van der Waals surface area contributed by atoms with E-state index in [2.05, 4.69) is 22.0 Å². The molecule has 0 amide bonds. The Morgan fingerprint density at radius 3 is 2.77 bits per heavy atom. The number of imidazole rings is 1. The zero-order chi connectivity index (χ0) is 18.3. The highest BCUT2D eigenvalue weighted by Crippen LogP contribution is 2.31. The van der Waals surface area contributed by atoms with Gasteiger partial charge in [-0.05, 0) is 48.0 Å². The Kier molecular flexibility index (Phi) is 4.37. The lowest BCUT2D eigenvalue weighted by Gasteiger charge is -2.09. The molecule has 0 saturated carbocycles. The number of aromatic nitrogens is 7. The Bertz CT molecular complexity index is 1100. The zero-order valence-electron chi connectivity index (χ0n) is 14.5. The molecule has 0 aliphatic carbocycles. The summed E-state index contributed by atoms with van der Waals surface area (Å²) in [6.45, 7) is 4.12. The number of hydrogen-bond acceptors (Lipinski definition) is 6. The molecule has 0 aliphatic heterocycles. The van der Waals surface area contributed by atoms with Gasteiger partial charge in [-0.2, -0.15) is 0 Å². The summed E-state index contributed by atoms with van der Waals surface area (Å²) in [6.07, 6.45) is 3.39. The molecular weight excluding hydrogens is 370 g/mol. The van der Waals surface area contributed by atoms with Crippen LogP contribution in [0.1, 0.15) is 12.5 Å². The predicted octanol–water partition coefficient (Wildman–Crippen LogP) is 3.68. The Labute approximate surface area is 159 Å². The van der Waals surface area contributed by atoms with Gasteiger partial charge in [-0.3, -0.25) is 0 Å². The highest BCUT2D eigenvalue weighted by molar-refractivity contribution is 7.99. The first-order chi connectivity index (χ1) is 12.6. The molecule has 9 heteroatoms. The first-order valence-corrected chi connectivity index (χ1v) is 9.44. The van der Waals surface area contributed by atoms with Crippen LogP contribution in [-0.4, -0.2) is 40.0 Å². The molecule has 7 nitrogen and oxygen atoms in total. The van der Waals surface area contributed by atoms with E-state index in [-0.39, 0.29) is 5.28 Å². The first-order valence-electron chi connectivity index (χ1n) is 8.07. The van der Waals surface area contributed by atoms with Gasteiger partial charge in [0.25, 0.3) is 0 Å². The third-order valence-electron chi connectivity index (χ3n) is 3.90. The van der Waals surface area contributed by atoms with Gasteiger partial charge in [0.05, 0.1) is 0 Å². The maximum Gasteiger partial charge on any atom is 0.242 e. The second-order valence-corrected chi connectivity index (χ2v) is 7.40. The molecule has 4 aromatic heterocycles. The molecule has 26 heavy (non-hydrogen) atoms. The highest BCUT2D eigenvalue weighted by atomic mass is 35.5.